The number of aromatic nitrogens is 1. The van der Waals surface area contributed by atoms with E-state index in [9.17, 15) is 9.59 Å². The first-order valence-electron chi connectivity index (χ1n) is 6.33. The maximum Gasteiger partial charge on any atom is 0.255 e. The third-order valence-corrected chi connectivity index (χ3v) is 3.12. The molecule has 0 aliphatic rings. The van der Waals surface area contributed by atoms with Crippen LogP contribution in [-0.4, -0.2) is 22.8 Å². The zero-order valence-electron chi connectivity index (χ0n) is 11.3. The Hall–Kier alpha value is -2.40. The third-order valence-electron chi connectivity index (χ3n) is 3.12. The Kier molecular flexibility index (Phi) is 4.32. The van der Waals surface area contributed by atoms with Crippen LogP contribution in [0.5, 0.6) is 0 Å². The number of benzene rings is 1. The van der Waals surface area contributed by atoms with Crippen molar-refractivity contribution in [1.82, 2.24) is 9.88 Å². The molecule has 0 bridgehead atoms. The van der Waals surface area contributed by atoms with Gasteiger partial charge in [0.1, 0.15) is 0 Å². The van der Waals surface area contributed by atoms with Gasteiger partial charge in [0.05, 0.1) is 5.56 Å². The summed E-state index contributed by atoms with van der Waals surface area (Å²) in [5.41, 5.74) is 7.96. The molecule has 104 valence electrons. The van der Waals surface area contributed by atoms with Crippen molar-refractivity contribution in [3.05, 3.63) is 69.6 Å². The number of hydrogen-bond acceptors (Lipinski definition) is 3. The van der Waals surface area contributed by atoms with Crippen LogP contribution in [0.1, 0.15) is 21.5 Å². The van der Waals surface area contributed by atoms with Crippen molar-refractivity contribution < 1.29 is 4.79 Å². The summed E-state index contributed by atoms with van der Waals surface area (Å²) in [5, 5.41) is 0. The zero-order chi connectivity index (χ0) is 14.5. The molecule has 2 aromatic rings. The first kappa shape index (κ1) is 14.0. The van der Waals surface area contributed by atoms with E-state index in [1.54, 1.807) is 11.9 Å². The van der Waals surface area contributed by atoms with Crippen molar-refractivity contribution in [2.75, 3.05) is 7.05 Å². The molecular formula is C15H17N3O2. The molecule has 2 rings (SSSR count). The summed E-state index contributed by atoms with van der Waals surface area (Å²) in [7, 11) is 1.72. The molecule has 20 heavy (non-hydrogen) atoms. The predicted octanol–water partition coefficient (Wildman–Crippen LogP) is 1.11. The van der Waals surface area contributed by atoms with Gasteiger partial charge < -0.3 is 15.6 Å². The van der Waals surface area contributed by atoms with Gasteiger partial charge in [0.25, 0.3) is 5.91 Å². The summed E-state index contributed by atoms with van der Waals surface area (Å²) < 4.78 is 0. The molecule has 5 heteroatoms. The van der Waals surface area contributed by atoms with Gasteiger partial charge in [0.15, 0.2) is 0 Å². The lowest BCUT2D eigenvalue weighted by Crippen LogP contribution is -2.27. The van der Waals surface area contributed by atoms with Gasteiger partial charge in [0, 0.05) is 32.4 Å². The largest absolute Gasteiger partial charge is 0.337 e. The number of nitrogens with zero attached hydrogens (tertiary/aromatic N) is 1. The van der Waals surface area contributed by atoms with E-state index in [1.165, 1.54) is 18.3 Å². The lowest BCUT2D eigenvalue weighted by atomic mass is 10.1. The number of carbonyl (C=O) groups is 1. The minimum atomic E-state index is -0.224. The van der Waals surface area contributed by atoms with Gasteiger partial charge in [-0.15, -0.1) is 0 Å². The molecule has 0 aliphatic carbocycles. The predicted molar refractivity (Wildman–Crippen MR) is 77.2 cm³/mol. The van der Waals surface area contributed by atoms with Crippen molar-refractivity contribution in [2.45, 2.75) is 13.1 Å². The highest BCUT2D eigenvalue weighted by molar-refractivity contribution is 5.93. The number of pyridine rings is 1. The van der Waals surface area contributed by atoms with Crippen LogP contribution in [0.4, 0.5) is 0 Å². The minimum Gasteiger partial charge on any atom is -0.337 e. The first-order chi connectivity index (χ1) is 9.61. The summed E-state index contributed by atoms with van der Waals surface area (Å²) >= 11 is 0. The number of nitrogens with two attached hydrogens (primary N) is 1. The molecule has 0 atom stereocenters. The molecule has 0 spiro atoms. The molecule has 1 amide bonds. The van der Waals surface area contributed by atoms with Gasteiger partial charge in [-0.25, -0.2) is 0 Å². The van der Waals surface area contributed by atoms with Crippen molar-refractivity contribution >= 4 is 5.91 Å². The fraction of sp³-hybridized carbons (Fsp3) is 0.200. The smallest absolute Gasteiger partial charge is 0.255 e. The van der Waals surface area contributed by atoms with Crippen LogP contribution in [0.25, 0.3) is 0 Å². The number of hydrogen-bond donors (Lipinski definition) is 2. The van der Waals surface area contributed by atoms with Crippen LogP contribution in [0, 0.1) is 0 Å². The van der Waals surface area contributed by atoms with Gasteiger partial charge in [0.2, 0.25) is 5.56 Å². The Morgan fingerprint density at radius 2 is 1.90 bits per heavy atom. The monoisotopic (exact) mass is 271 g/mol. The second kappa shape index (κ2) is 6.16. The third kappa shape index (κ3) is 3.13. The fourth-order valence-corrected chi connectivity index (χ4v) is 2.00. The number of H-pyrrole nitrogens is 1. The van der Waals surface area contributed by atoms with E-state index in [4.69, 9.17) is 5.73 Å². The van der Waals surface area contributed by atoms with Crippen molar-refractivity contribution in [3.8, 4) is 0 Å². The first-order valence-corrected chi connectivity index (χ1v) is 6.33. The quantitative estimate of drug-likeness (QED) is 0.874. The van der Waals surface area contributed by atoms with Gasteiger partial charge in [-0.2, -0.15) is 0 Å². The zero-order valence-corrected chi connectivity index (χ0v) is 11.3. The molecule has 1 aromatic carbocycles. The van der Waals surface area contributed by atoms with Crippen molar-refractivity contribution in [1.29, 1.82) is 0 Å². The maximum absolute atomic E-state index is 12.2. The summed E-state index contributed by atoms with van der Waals surface area (Å²) in [6, 6.07) is 10.6. The Morgan fingerprint density at radius 1 is 1.20 bits per heavy atom. The number of rotatable bonds is 4. The highest BCUT2D eigenvalue weighted by atomic mass is 16.2. The van der Waals surface area contributed by atoms with Crippen LogP contribution in [0.3, 0.4) is 0 Å². The topological polar surface area (TPSA) is 79.2 Å². The second-order valence-electron chi connectivity index (χ2n) is 4.58. The number of carbonyl (C=O) groups excluding carboxylic acids is 1. The van der Waals surface area contributed by atoms with E-state index in [-0.39, 0.29) is 11.5 Å². The fourth-order valence-electron chi connectivity index (χ4n) is 2.00. The minimum absolute atomic E-state index is 0.145. The van der Waals surface area contributed by atoms with Crippen LogP contribution >= 0.6 is 0 Å². The average molecular weight is 271 g/mol. The van der Waals surface area contributed by atoms with Crippen LogP contribution in [0.2, 0.25) is 0 Å². The molecular weight excluding hydrogens is 254 g/mol. The van der Waals surface area contributed by atoms with Crippen LogP contribution < -0.4 is 11.3 Å². The van der Waals surface area contributed by atoms with Crippen molar-refractivity contribution in [3.63, 3.8) is 0 Å². The molecule has 0 aliphatic heterocycles. The molecule has 1 aromatic heterocycles. The molecule has 3 N–H and O–H groups in total. The highest BCUT2D eigenvalue weighted by Gasteiger charge is 2.13. The van der Waals surface area contributed by atoms with Gasteiger partial charge in [-0.1, -0.05) is 24.3 Å². The van der Waals surface area contributed by atoms with E-state index in [2.05, 4.69) is 4.98 Å². The normalized spacial score (nSPS) is 10.3. The second-order valence-corrected chi connectivity index (χ2v) is 4.58. The standard InChI is InChI=1S/C15H17N3O2/c1-18(10-13-5-3-2-4-11(13)8-16)15(20)12-6-7-14(19)17-9-12/h2-7,9H,8,10,16H2,1H3,(H,17,19). The molecule has 0 radical (unpaired) electrons. The SMILES string of the molecule is CN(Cc1ccccc1CN)C(=O)c1ccc(=O)[nH]c1. The average Bonchev–Trinajstić information content (AvgIpc) is 2.48. The Labute approximate surface area is 117 Å². The Bertz CT molecular complexity index is 644. The summed E-state index contributed by atoms with van der Waals surface area (Å²) in [4.78, 5) is 27.3. The molecule has 5 nitrogen and oxygen atoms in total. The summed E-state index contributed by atoms with van der Waals surface area (Å²) in [6.45, 7) is 0.919. The highest BCUT2D eigenvalue weighted by Crippen LogP contribution is 2.12. The lowest BCUT2D eigenvalue weighted by Gasteiger charge is -2.19. The Morgan fingerprint density at radius 3 is 2.50 bits per heavy atom. The van der Waals surface area contributed by atoms with E-state index in [1.807, 2.05) is 24.3 Å². The number of aromatic amines is 1. The molecule has 0 fully saturated rings. The van der Waals surface area contributed by atoms with Gasteiger partial charge in [-0.3, -0.25) is 9.59 Å². The maximum atomic E-state index is 12.2. The van der Waals surface area contributed by atoms with E-state index in [0.29, 0.717) is 18.7 Å². The van der Waals surface area contributed by atoms with Gasteiger partial charge >= 0.3 is 0 Å². The molecule has 0 unspecified atom stereocenters. The summed E-state index contributed by atoms with van der Waals surface area (Å²) in [5.74, 6) is -0.145. The molecule has 0 saturated heterocycles. The lowest BCUT2D eigenvalue weighted by molar-refractivity contribution is 0.0784. The van der Waals surface area contributed by atoms with Crippen LogP contribution in [-0.2, 0) is 13.1 Å². The van der Waals surface area contributed by atoms with E-state index in [0.717, 1.165) is 11.1 Å². The molecule has 1 heterocycles. The summed E-state index contributed by atoms with van der Waals surface area (Å²) in [6.07, 6.45) is 1.43. The van der Waals surface area contributed by atoms with Gasteiger partial charge in [-0.05, 0) is 17.2 Å². The number of nitrogens with one attached hydrogen (secondary N) is 1. The van der Waals surface area contributed by atoms with Crippen LogP contribution in [0.15, 0.2) is 47.4 Å². The van der Waals surface area contributed by atoms with E-state index >= 15 is 0 Å². The number of amides is 1. The van der Waals surface area contributed by atoms with Crippen molar-refractivity contribution in [2.24, 2.45) is 5.73 Å². The van der Waals surface area contributed by atoms with E-state index < -0.39 is 0 Å². The Balaban J connectivity index is 2.15. The molecule has 0 saturated carbocycles.